The minimum atomic E-state index is 0.196. The smallest absolute Gasteiger partial charge is 0.0615 e. The summed E-state index contributed by atoms with van der Waals surface area (Å²) in [5.41, 5.74) is 0.638. The standard InChI is InChI=1S/C12H23NO/c1-11(2,3)10-7-13(8-10)12(9-14)5-4-6-12/h10,14H,4-9H2,1-3H3. The second-order valence-corrected chi connectivity index (χ2v) is 6.20. The van der Waals surface area contributed by atoms with E-state index in [1.807, 2.05) is 0 Å². The number of nitrogens with zero attached hydrogens (tertiary/aromatic N) is 1. The Labute approximate surface area is 87.3 Å². The molecule has 0 amide bonds. The monoisotopic (exact) mass is 197 g/mol. The molecule has 0 radical (unpaired) electrons. The molecule has 1 N–H and O–H groups in total. The van der Waals surface area contributed by atoms with E-state index in [0.717, 1.165) is 5.92 Å². The Kier molecular flexibility index (Phi) is 2.39. The summed E-state index contributed by atoms with van der Waals surface area (Å²) in [6.45, 7) is 9.72. The van der Waals surface area contributed by atoms with E-state index in [1.165, 1.54) is 32.4 Å². The van der Waals surface area contributed by atoms with Crippen molar-refractivity contribution in [3.63, 3.8) is 0 Å². The first kappa shape index (κ1) is 10.4. The summed E-state index contributed by atoms with van der Waals surface area (Å²) >= 11 is 0. The number of hydrogen-bond acceptors (Lipinski definition) is 2. The first-order chi connectivity index (χ1) is 6.48. The van der Waals surface area contributed by atoms with E-state index < -0.39 is 0 Å². The van der Waals surface area contributed by atoms with Gasteiger partial charge < -0.3 is 5.11 Å². The zero-order valence-electron chi connectivity index (χ0n) is 9.71. The van der Waals surface area contributed by atoms with Gasteiger partial charge in [-0.2, -0.15) is 0 Å². The third-order valence-electron chi connectivity index (χ3n) is 4.36. The Morgan fingerprint density at radius 2 is 1.86 bits per heavy atom. The molecule has 0 aromatic rings. The largest absolute Gasteiger partial charge is 0.394 e. The van der Waals surface area contributed by atoms with Crippen LogP contribution in [-0.4, -0.2) is 35.2 Å². The third kappa shape index (κ3) is 1.49. The van der Waals surface area contributed by atoms with Gasteiger partial charge in [-0.25, -0.2) is 0 Å². The van der Waals surface area contributed by atoms with Crippen LogP contribution in [0.3, 0.4) is 0 Å². The fraction of sp³-hybridized carbons (Fsp3) is 1.00. The van der Waals surface area contributed by atoms with Gasteiger partial charge in [0.05, 0.1) is 6.61 Å². The molecular formula is C12H23NO. The van der Waals surface area contributed by atoms with E-state index in [2.05, 4.69) is 25.7 Å². The molecule has 2 rings (SSSR count). The van der Waals surface area contributed by atoms with E-state index in [0.29, 0.717) is 12.0 Å². The highest BCUT2D eigenvalue weighted by molar-refractivity contribution is 5.03. The van der Waals surface area contributed by atoms with Crippen LogP contribution in [0.15, 0.2) is 0 Å². The van der Waals surface area contributed by atoms with Crippen LogP contribution in [0.5, 0.6) is 0 Å². The van der Waals surface area contributed by atoms with Crippen LogP contribution in [0.25, 0.3) is 0 Å². The molecule has 2 fully saturated rings. The van der Waals surface area contributed by atoms with Crippen LogP contribution < -0.4 is 0 Å². The minimum absolute atomic E-state index is 0.196. The van der Waals surface area contributed by atoms with Gasteiger partial charge in [-0.3, -0.25) is 4.90 Å². The molecule has 2 aliphatic rings. The molecule has 0 spiro atoms. The summed E-state index contributed by atoms with van der Waals surface area (Å²) in [4.78, 5) is 2.51. The molecule has 0 bridgehead atoms. The van der Waals surface area contributed by atoms with Crippen LogP contribution >= 0.6 is 0 Å². The van der Waals surface area contributed by atoms with Crippen molar-refractivity contribution in [2.75, 3.05) is 19.7 Å². The number of likely N-dealkylation sites (tertiary alicyclic amines) is 1. The Bertz CT molecular complexity index is 203. The molecule has 1 heterocycles. The predicted octanol–water partition coefficient (Wildman–Crippen LogP) is 1.88. The van der Waals surface area contributed by atoms with E-state index in [9.17, 15) is 5.11 Å². The van der Waals surface area contributed by atoms with E-state index >= 15 is 0 Å². The number of hydrogen-bond donors (Lipinski definition) is 1. The molecule has 2 nitrogen and oxygen atoms in total. The summed E-state index contributed by atoms with van der Waals surface area (Å²) in [5.74, 6) is 0.825. The summed E-state index contributed by atoms with van der Waals surface area (Å²) < 4.78 is 0. The molecule has 0 atom stereocenters. The zero-order chi connectivity index (χ0) is 10.4. The van der Waals surface area contributed by atoms with Crippen molar-refractivity contribution in [1.29, 1.82) is 0 Å². The summed E-state index contributed by atoms with van der Waals surface area (Å²) in [6.07, 6.45) is 3.72. The van der Waals surface area contributed by atoms with Crippen molar-refractivity contribution < 1.29 is 5.11 Å². The molecule has 0 aromatic heterocycles. The lowest BCUT2D eigenvalue weighted by Crippen LogP contribution is -2.66. The Hall–Kier alpha value is -0.0800. The van der Waals surface area contributed by atoms with Gasteiger partial charge in [-0.1, -0.05) is 20.8 Å². The number of aliphatic hydroxyl groups excluding tert-OH is 1. The molecule has 0 aromatic carbocycles. The average molecular weight is 197 g/mol. The van der Waals surface area contributed by atoms with Crippen LogP contribution in [0.1, 0.15) is 40.0 Å². The summed E-state index contributed by atoms with van der Waals surface area (Å²) in [7, 11) is 0. The van der Waals surface area contributed by atoms with Crippen molar-refractivity contribution in [2.45, 2.75) is 45.6 Å². The van der Waals surface area contributed by atoms with Crippen molar-refractivity contribution in [1.82, 2.24) is 4.90 Å². The SMILES string of the molecule is CC(C)(C)C1CN(C2(CO)CCC2)C1. The molecule has 82 valence electrons. The quantitative estimate of drug-likeness (QED) is 0.730. The van der Waals surface area contributed by atoms with E-state index in [4.69, 9.17) is 0 Å². The van der Waals surface area contributed by atoms with Gasteiger partial charge in [0, 0.05) is 18.6 Å². The molecule has 1 aliphatic heterocycles. The van der Waals surface area contributed by atoms with Gasteiger partial charge in [0.1, 0.15) is 0 Å². The lowest BCUT2D eigenvalue weighted by molar-refractivity contribution is -0.112. The molecule has 1 saturated heterocycles. The molecule has 2 heteroatoms. The maximum absolute atomic E-state index is 9.42. The fourth-order valence-corrected chi connectivity index (χ4v) is 2.57. The van der Waals surface area contributed by atoms with Crippen molar-refractivity contribution in [2.24, 2.45) is 11.3 Å². The van der Waals surface area contributed by atoms with Gasteiger partial charge in [0.15, 0.2) is 0 Å². The first-order valence-electron chi connectivity index (χ1n) is 5.84. The van der Waals surface area contributed by atoms with E-state index in [-0.39, 0.29) is 5.54 Å². The van der Waals surface area contributed by atoms with E-state index in [1.54, 1.807) is 0 Å². The third-order valence-corrected chi connectivity index (χ3v) is 4.36. The summed E-state index contributed by atoms with van der Waals surface area (Å²) in [5, 5.41) is 9.42. The van der Waals surface area contributed by atoms with Crippen LogP contribution in [0.2, 0.25) is 0 Å². The van der Waals surface area contributed by atoms with Gasteiger partial charge in [0.25, 0.3) is 0 Å². The van der Waals surface area contributed by atoms with Gasteiger partial charge in [-0.15, -0.1) is 0 Å². The minimum Gasteiger partial charge on any atom is -0.394 e. The fourth-order valence-electron chi connectivity index (χ4n) is 2.57. The maximum atomic E-state index is 9.42. The highest BCUT2D eigenvalue weighted by Crippen LogP contribution is 2.44. The Balaban J connectivity index is 1.88. The second kappa shape index (κ2) is 3.21. The highest BCUT2D eigenvalue weighted by atomic mass is 16.3. The normalized spacial score (nSPS) is 28.3. The molecular weight excluding hydrogens is 174 g/mol. The van der Waals surface area contributed by atoms with Crippen molar-refractivity contribution in [3.8, 4) is 0 Å². The maximum Gasteiger partial charge on any atom is 0.0615 e. The highest BCUT2D eigenvalue weighted by Gasteiger charge is 2.49. The van der Waals surface area contributed by atoms with Gasteiger partial charge >= 0.3 is 0 Å². The molecule has 0 unspecified atom stereocenters. The summed E-state index contributed by atoms with van der Waals surface area (Å²) in [6, 6.07) is 0. The van der Waals surface area contributed by atoms with Crippen molar-refractivity contribution in [3.05, 3.63) is 0 Å². The first-order valence-corrected chi connectivity index (χ1v) is 5.84. The number of rotatable bonds is 2. The molecule has 1 saturated carbocycles. The molecule has 14 heavy (non-hydrogen) atoms. The molecule has 1 aliphatic carbocycles. The lowest BCUT2D eigenvalue weighted by atomic mass is 9.69. The van der Waals surface area contributed by atoms with Gasteiger partial charge in [-0.05, 0) is 30.6 Å². The Morgan fingerprint density at radius 1 is 1.29 bits per heavy atom. The van der Waals surface area contributed by atoms with Crippen LogP contribution in [0, 0.1) is 11.3 Å². The Morgan fingerprint density at radius 3 is 2.14 bits per heavy atom. The van der Waals surface area contributed by atoms with Crippen LogP contribution in [-0.2, 0) is 0 Å². The zero-order valence-corrected chi connectivity index (χ0v) is 9.71. The predicted molar refractivity (Wildman–Crippen MR) is 58.2 cm³/mol. The lowest BCUT2D eigenvalue weighted by Gasteiger charge is -2.58. The topological polar surface area (TPSA) is 23.5 Å². The van der Waals surface area contributed by atoms with Crippen molar-refractivity contribution >= 4 is 0 Å². The second-order valence-electron chi connectivity index (χ2n) is 6.20. The number of aliphatic hydroxyl groups is 1. The van der Waals surface area contributed by atoms with Gasteiger partial charge in [0.2, 0.25) is 0 Å². The average Bonchev–Trinajstić information content (AvgIpc) is 1.88. The van der Waals surface area contributed by atoms with Crippen LogP contribution in [0.4, 0.5) is 0 Å².